The summed E-state index contributed by atoms with van der Waals surface area (Å²) in [5.74, 6) is -0.514. The molecule has 1 rings (SSSR count). The zero-order valence-corrected chi connectivity index (χ0v) is 13.9. The van der Waals surface area contributed by atoms with Crippen molar-refractivity contribution in [1.29, 1.82) is 0 Å². The smallest absolute Gasteiger partial charge is 0.313 e. The second kappa shape index (κ2) is 9.18. The molecule has 7 heteroatoms. The number of halogens is 2. The molecule has 0 fully saturated rings. The molecule has 1 atom stereocenters. The highest BCUT2D eigenvalue weighted by Crippen LogP contribution is 2.23. The van der Waals surface area contributed by atoms with Crippen LogP contribution in [0.1, 0.15) is 12.5 Å². The first kappa shape index (κ1) is 18.1. The van der Waals surface area contributed by atoms with Crippen molar-refractivity contribution in [1.82, 2.24) is 5.32 Å². The number of amides is 1. The van der Waals surface area contributed by atoms with Crippen molar-refractivity contribution < 1.29 is 14.7 Å². The fourth-order valence-electron chi connectivity index (χ4n) is 1.69. The van der Waals surface area contributed by atoms with E-state index >= 15 is 0 Å². The average Bonchev–Trinajstić information content (AvgIpc) is 2.40. The lowest BCUT2D eigenvalue weighted by atomic mass is 10.0. The summed E-state index contributed by atoms with van der Waals surface area (Å²) in [5.41, 5.74) is 0.879. The van der Waals surface area contributed by atoms with Crippen molar-refractivity contribution in [3.8, 4) is 0 Å². The van der Waals surface area contributed by atoms with Crippen molar-refractivity contribution >= 4 is 46.8 Å². The fourth-order valence-corrected chi connectivity index (χ4v) is 2.74. The van der Waals surface area contributed by atoms with E-state index < -0.39 is 5.97 Å². The minimum atomic E-state index is -0.850. The van der Waals surface area contributed by atoms with E-state index in [9.17, 15) is 9.59 Å². The van der Waals surface area contributed by atoms with Gasteiger partial charge in [-0.3, -0.25) is 9.59 Å². The van der Waals surface area contributed by atoms with E-state index in [1.807, 2.05) is 13.0 Å². The summed E-state index contributed by atoms with van der Waals surface area (Å²) in [6.07, 6.45) is 0.532. The number of carboxylic acid groups (broad SMARTS) is 1. The highest BCUT2D eigenvalue weighted by atomic mass is 35.5. The topological polar surface area (TPSA) is 66.4 Å². The van der Waals surface area contributed by atoms with Crippen molar-refractivity contribution in [3.05, 3.63) is 33.8 Å². The van der Waals surface area contributed by atoms with Crippen LogP contribution >= 0.6 is 35.0 Å². The summed E-state index contributed by atoms with van der Waals surface area (Å²) in [6, 6.07) is 5.22. The van der Waals surface area contributed by atoms with Gasteiger partial charge in [-0.1, -0.05) is 36.2 Å². The van der Waals surface area contributed by atoms with Crippen LogP contribution in [-0.4, -0.2) is 35.0 Å². The predicted molar refractivity (Wildman–Crippen MR) is 87.3 cm³/mol. The lowest BCUT2D eigenvalue weighted by Gasteiger charge is -2.13. The number of carboxylic acids is 1. The lowest BCUT2D eigenvalue weighted by Crippen LogP contribution is -2.32. The Balaban J connectivity index is 2.35. The SMILES string of the molecule is CC(Cc1ccc(Cl)cc1Cl)C(=O)NCCSCC(=O)O. The molecule has 0 heterocycles. The van der Waals surface area contributed by atoms with E-state index in [0.29, 0.717) is 28.8 Å². The van der Waals surface area contributed by atoms with Gasteiger partial charge in [0.1, 0.15) is 0 Å². The third-order valence-corrected chi connectivity index (χ3v) is 4.29. The maximum absolute atomic E-state index is 11.9. The Morgan fingerprint density at radius 3 is 2.71 bits per heavy atom. The van der Waals surface area contributed by atoms with Crippen molar-refractivity contribution in [2.45, 2.75) is 13.3 Å². The first-order valence-corrected chi connectivity index (χ1v) is 8.32. The number of hydrogen-bond donors (Lipinski definition) is 2. The molecule has 1 aromatic carbocycles. The first-order chi connectivity index (χ1) is 9.90. The molecular formula is C14H17Cl2NO3S. The zero-order chi connectivity index (χ0) is 15.8. The molecule has 1 amide bonds. The van der Waals surface area contributed by atoms with E-state index in [0.717, 1.165) is 5.56 Å². The summed E-state index contributed by atoms with van der Waals surface area (Å²) < 4.78 is 0. The van der Waals surface area contributed by atoms with Gasteiger partial charge in [-0.05, 0) is 24.1 Å². The predicted octanol–water partition coefficient (Wildman–Crippen LogP) is 3.11. The minimum Gasteiger partial charge on any atom is -0.481 e. The molecule has 0 bridgehead atoms. The molecule has 1 unspecified atom stereocenters. The Hall–Kier alpha value is -0.910. The van der Waals surface area contributed by atoms with Crippen LogP contribution in [0.2, 0.25) is 10.0 Å². The Kier molecular flexibility index (Phi) is 7.93. The highest BCUT2D eigenvalue weighted by Gasteiger charge is 2.14. The molecule has 0 aliphatic heterocycles. The Morgan fingerprint density at radius 2 is 2.10 bits per heavy atom. The van der Waals surface area contributed by atoms with Gasteiger partial charge in [0.25, 0.3) is 0 Å². The first-order valence-electron chi connectivity index (χ1n) is 6.41. The van der Waals surface area contributed by atoms with Gasteiger partial charge in [-0.2, -0.15) is 0 Å². The van der Waals surface area contributed by atoms with Crippen molar-refractivity contribution in [2.75, 3.05) is 18.1 Å². The summed E-state index contributed by atoms with van der Waals surface area (Å²) in [7, 11) is 0. The van der Waals surface area contributed by atoms with Crippen LogP contribution in [0, 0.1) is 5.92 Å². The minimum absolute atomic E-state index is 0.0474. The Morgan fingerprint density at radius 1 is 1.38 bits per heavy atom. The standard InChI is InChI=1S/C14H17Cl2NO3S/c1-9(6-10-2-3-11(15)7-12(10)16)14(20)17-4-5-21-8-13(18)19/h2-3,7,9H,4-6,8H2,1H3,(H,17,20)(H,18,19). The molecule has 0 spiro atoms. The lowest BCUT2D eigenvalue weighted by molar-refractivity contribution is -0.133. The molecule has 0 saturated heterocycles. The third-order valence-electron chi connectivity index (χ3n) is 2.76. The van der Waals surface area contributed by atoms with Gasteiger partial charge in [-0.25, -0.2) is 0 Å². The van der Waals surface area contributed by atoms with E-state index in [1.54, 1.807) is 12.1 Å². The van der Waals surface area contributed by atoms with Gasteiger partial charge in [-0.15, -0.1) is 11.8 Å². The summed E-state index contributed by atoms with van der Waals surface area (Å²) in [6.45, 7) is 2.28. The molecule has 0 saturated carbocycles. The maximum Gasteiger partial charge on any atom is 0.313 e. The molecule has 1 aromatic rings. The number of thioether (sulfide) groups is 1. The van der Waals surface area contributed by atoms with Gasteiger partial charge >= 0.3 is 5.97 Å². The van der Waals surface area contributed by atoms with Crippen molar-refractivity contribution in [3.63, 3.8) is 0 Å². The van der Waals surface area contributed by atoms with E-state index in [-0.39, 0.29) is 17.6 Å². The van der Waals surface area contributed by atoms with E-state index in [4.69, 9.17) is 28.3 Å². The molecule has 0 aliphatic carbocycles. The van der Waals surface area contributed by atoms with E-state index in [1.165, 1.54) is 11.8 Å². The molecule has 0 radical (unpaired) electrons. The maximum atomic E-state index is 11.9. The van der Waals surface area contributed by atoms with Gasteiger partial charge < -0.3 is 10.4 Å². The highest BCUT2D eigenvalue weighted by molar-refractivity contribution is 7.99. The second-order valence-corrected chi connectivity index (χ2v) is 6.53. The zero-order valence-electron chi connectivity index (χ0n) is 11.6. The number of carbonyl (C=O) groups is 2. The van der Waals surface area contributed by atoms with Crippen LogP contribution in [0.4, 0.5) is 0 Å². The van der Waals surface area contributed by atoms with Crippen LogP contribution in [0.3, 0.4) is 0 Å². The fraction of sp³-hybridized carbons (Fsp3) is 0.429. The van der Waals surface area contributed by atoms with E-state index in [2.05, 4.69) is 5.32 Å². The molecule has 2 N–H and O–H groups in total. The number of hydrogen-bond acceptors (Lipinski definition) is 3. The monoisotopic (exact) mass is 349 g/mol. The summed E-state index contributed by atoms with van der Waals surface area (Å²) in [5, 5.41) is 12.4. The van der Waals surface area contributed by atoms with Crippen molar-refractivity contribution in [2.24, 2.45) is 5.92 Å². The molecule has 21 heavy (non-hydrogen) atoms. The molecule has 0 aromatic heterocycles. The van der Waals surface area contributed by atoms with Crippen LogP contribution < -0.4 is 5.32 Å². The summed E-state index contributed by atoms with van der Waals surface area (Å²) >= 11 is 13.2. The van der Waals surface area contributed by atoms with Gasteiger partial charge in [0, 0.05) is 28.3 Å². The molecule has 4 nitrogen and oxygen atoms in total. The molecule has 0 aliphatic rings. The largest absolute Gasteiger partial charge is 0.481 e. The number of carbonyl (C=O) groups excluding carboxylic acids is 1. The second-order valence-electron chi connectivity index (χ2n) is 4.58. The number of nitrogens with one attached hydrogen (secondary N) is 1. The number of rotatable bonds is 8. The quantitative estimate of drug-likeness (QED) is 0.707. The van der Waals surface area contributed by atoms with Crippen LogP contribution in [0.5, 0.6) is 0 Å². The average molecular weight is 350 g/mol. The Bertz CT molecular complexity index is 511. The number of benzene rings is 1. The summed E-state index contributed by atoms with van der Waals surface area (Å²) in [4.78, 5) is 22.3. The number of aliphatic carboxylic acids is 1. The van der Waals surface area contributed by atoms with Gasteiger partial charge in [0.05, 0.1) is 5.75 Å². The molecular weight excluding hydrogens is 333 g/mol. The van der Waals surface area contributed by atoms with Gasteiger partial charge in [0.2, 0.25) is 5.91 Å². The van der Waals surface area contributed by atoms with Crippen LogP contribution in [-0.2, 0) is 16.0 Å². The van der Waals surface area contributed by atoms with Crippen LogP contribution in [0.15, 0.2) is 18.2 Å². The van der Waals surface area contributed by atoms with Gasteiger partial charge in [0.15, 0.2) is 0 Å². The third kappa shape index (κ3) is 7.07. The molecule has 116 valence electrons. The van der Waals surface area contributed by atoms with Crippen LogP contribution in [0.25, 0.3) is 0 Å². The Labute approximate surface area is 138 Å². The normalized spacial score (nSPS) is 12.0.